The number of hydrogen-bond acceptors (Lipinski definition) is 6. The summed E-state index contributed by atoms with van der Waals surface area (Å²) >= 11 is 0. The van der Waals surface area contributed by atoms with Crippen LogP contribution in [0.1, 0.15) is 50.7 Å². The minimum Gasteiger partial charge on any atom is -0.504 e. The van der Waals surface area contributed by atoms with Crippen LogP contribution in [0.15, 0.2) is 24.8 Å². The summed E-state index contributed by atoms with van der Waals surface area (Å²) in [6, 6.07) is 4.24. The van der Waals surface area contributed by atoms with Crippen molar-refractivity contribution >= 4 is 0 Å². The molecule has 3 rings (SSSR count). The fourth-order valence-corrected chi connectivity index (χ4v) is 5.49. The SMILES string of the molecule is C=CCN1C[C@H]2CC[C@H](O)C[C@](C)(C2)c2c(ccc(OCOCCOC)c2O)CC1C. The maximum atomic E-state index is 11.3. The van der Waals surface area contributed by atoms with Crippen LogP contribution in [0.5, 0.6) is 11.5 Å². The molecule has 6 nitrogen and oxygen atoms in total. The first-order valence-electron chi connectivity index (χ1n) is 11.5. The number of phenolic OH excluding ortho intramolecular Hbond substituents is 1. The van der Waals surface area contributed by atoms with Crippen LogP contribution in [0.2, 0.25) is 0 Å². The number of phenols is 1. The molecule has 6 heteroatoms. The largest absolute Gasteiger partial charge is 0.504 e. The molecule has 0 aromatic heterocycles. The normalized spacial score (nSPS) is 29.2. The molecule has 1 aliphatic heterocycles. The van der Waals surface area contributed by atoms with Crippen molar-refractivity contribution in [2.45, 2.75) is 63.5 Å². The first kappa shape index (κ1) is 24.1. The minimum atomic E-state index is -0.367. The van der Waals surface area contributed by atoms with Crippen LogP contribution in [0, 0.1) is 5.92 Å². The van der Waals surface area contributed by atoms with E-state index in [2.05, 4.69) is 31.4 Å². The Morgan fingerprint density at radius 2 is 2.06 bits per heavy atom. The standard InChI is InChI=1S/C25H39NO5/c1-5-10-26-16-19-6-8-21(27)15-25(3,14-19)23-20(13-18(26)2)7-9-22(24(23)28)31-17-30-12-11-29-4/h5,7,9,18-19,21,27-28H,1,6,8,10-17H2,2-4H3/t18?,19-,21-,25-/m0/s1. The van der Waals surface area contributed by atoms with Crippen LogP contribution in [0.3, 0.4) is 0 Å². The van der Waals surface area contributed by atoms with Gasteiger partial charge in [-0.2, -0.15) is 0 Å². The van der Waals surface area contributed by atoms with E-state index in [-0.39, 0.29) is 24.1 Å². The van der Waals surface area contributed by atoms with E-state index in [9.17, 15) is 10.2 Å². The predicted molar refractivity (Wildman–Crippen MR) is 122 cm³/mol. The Hall–Kier alpha value is -1.60. The van der Waals surface area contributed by atoms with E-state index in [1.165, 1.54) is 0 Å². The van der Waals surface area contributed by atoms with Gasteiger partial charge in [0.05, 0.1) is 19.3 Å². The average molecular weight is 434 g/mol. The third kappa shape index (κ3) is 5.80. The van der Waals surface area contributed by atoms with E-state index in [1.807, 2.05) is 12.1 Å². The lowest BCUT2D eigenvalue weighted by Crippen LogP contribution is -2.38. The second-order valence-corrected chi connectivity index (χ2v) is 9.47. The van der Waals surface area contributed by atoms with E-state index < -0.39 is 0 Å². The molecule has 1 heterocycles. The maximum absolute atomic E-state index is 11.3. The number of nitrogens with zero attached hydrogens (tertiary/aromatic N) is 1. The number of fused-ring (bicyclic) bond motifs is 4. The quantitative estimate of drug-likeness (QED) is 0.371. The second kappa shape index (κ2) is 10.8. The summed E-state index contributed by atoms with van der Waals surface area (Å²) in [7, 11) is 1.62. The Kier molecular flexibility index (Phi) is 8.39. The molecule has 2 bridgehead atoms. The van der Waals surface area contributed by atoms with Gasteiger partial charge in [-0.3, -0.25) is 4.90 Å². The summed E-state index contributed by atoms with van der Waals surface area (Å²) in [5.74, 6) is 1.08. The Labute approximate surface area is 186 Å². The molecular weight excluding hydrogens is 394 g/mol. The molecule has 0 saturated heterocycles. The average Bonchev–Trinajstić information content (AvgIpc) is 2.84. The number of aliphatic hydroxyl groups is 1. The third-order valence-corrected chi connectivity index (χ3v) is 6.89. The van der Waals surface area contributed by atoms with Gasteiger partial charge in [-0.05, 0) is 62.0 Å². The molecule has 0 spiro atoms. The molecule has 1 aliphatic carbocycles. The van der Waals surface area contributed by atoms with Gasteiger partial charge in [0, 0.05) is 31.8 Å². The van der Waals surface area contributed by atoms with E-state index in [0.717, 1.165) is 49.9 Å². The molecule has 174 valence electrons. The van der Waals surface area contributed by atoms with E-state index in [0.29, 0.717) is 37.3 Å². The minimum absolute atomic E-state index is 0.0567. The summed E-state index contributed by atoms with van der Waals surface area (Å²) in [6.07, 6.45) is 5.81. The molecule has 1 aromatic carbocycles. The molecule has 1 fully saturated rings. The molecule has 1 aromatic rings. The van der Waals surface area contributed by atoms with Crippen molar-refractivity contribution in [2.75, 3.05) is 40.2 Å². The molecule has 0 radical (unpaired) electrons. The Balaban J connectivity index is 1.97. The van der Waals surface area contributed by atoms with Crippen molar-refractivity contribution in [1.29, 1.82) is 0 Å². The Bertz CT molecular complexity index is 739. The van der Waals surface area contributed by atoms with Crippen LogP contribution in [-0.4, -0.2) is 67.5 Å². The topological polar surface area (TPSA) is 71.4 Å². The smallest absolute Gasteiger partial charge is 0.189 e. The zero-order chi connectivity index (χ0) is 22.4. The van der Waals surface area contributed by atoms with Gasteiger partial charge < -0.3 is 24.4 Å². The first-order valence-corrected chi connectivity index (χ1v) is 11.5. The van der Waals surface area contributed by atoms with Gasteiger partial charge in [0.15, 0.2) is 18.3 Å². The molecular formula is C25H39NO5. The van der Waals surface area contributed by atoms with Crippen LogP contribution in [-0.2, 0) is 21.3 Å². The summed E-state index contributed by atoms with van der Waals surface area (Å²) in [6.45, 7) is 11.2. The summed E-state index contributed by atoms with van der Waals surface area (Å²) in [4.78, 5) is 2.48. The van der Waals surface area contributed by atoms with Crippen LogP contribution >= 0.6 is 0 Å². The highest BCUT2D eigenvalue weighted by Gasteiger charge is 2.41. The van der Waals surface area contributed by atoms with Gasteiger partial charge in [-0.25, -0.2) is 0 Å². The lowest BCUT2D eigenvalue weighted by molar-refractivity contribution is -0.00960. The van der Waals surface area contributed by atoms with Crippen LogP contribution < -0.4 is 4.74 Å². The van der Waals surface area contributed by atoms with Crippen LogP contribution in [0.4, 0.5) is 0 Å². The summed E-state index contributed by atoms with van der Waals surface area (Å²) < 4.78 is 16.2. The van der Waals surface area contributed by atoms with E-state index in [1.54, 1.807) is 7.11 Å². The maximum Gasteiger partial charge on any atom is 0.189 e. The summed E-state index contributed by atoms with van der Waals surface area (Å²) in [5, 5.41) is 22.1. The molecule has 2 N–H and O–H groups in total. The second-order valence-electron chi connectivity index (χ2n) is 9.47. The monoisotopic (exact) mass is 433 g/mol. The van der Waals surface area contributed by atoms with Gasteiger partial charge >= 0.3 is 0 Å². The van der Waals surface area contributed by atoms with Gasteiger partial charge in [0.1, 0.15) is 0 Å². The number of aliphatic hydroxyl groups excluding tert-OH is 1. The van der Waals surface area contributed by atoms with Crippen molar-refractivity contribution < 1.29 is 24.4 Å². The fourth-order valence-electron chi connectivity index (χ4n) is 5.49. The van der Waals surface area contributed by atoms with E-state index in [4.69, 9.17) is 14.2 Å². The zero-order valence-electron chi connectivity index (χ0n) is 19.3. The number of methoxy groups -OCH3 is 1. The van der Waals surface area contributed by atoms with Crippen LogP contribution in [0.25, 0.3) is 0 Å². The molecule has 4 atom stereocenters. The highest BCUT2D eigenvalue weighted by molar-refractivity contribution is 5.54. The predicted octanol–water partition coefficient (Wildman–Crippen LogP) is 3.63. The molecule has 31 heavy (non-hydrogen) atoms. The third-order valence-electron chi connectivity index (χ3n) is 6.89. The lowest BCUT2D eigenvalue weighted by Gasteiger charge is -2.35. The van der Waals surface area contributed by atoms with Gasteiger partial charge in [0.2, 0.25) is 0 Å². The molecule has 2 aliphatic rings. The van der Waals surface area contributed by atoms with Crippen molar-refractivity contribution in [3.63, 3.8) is 0 Å². The summed E-state index contributed by atoms with van der Waals surface area (Å²) in [5.41, 5.74) is 1.74. The van der Waals surface area contributed by atoms with Gasteiger partial charge in [-0.1, -0.05) is 19.1 Å². The Morgan fingerprint density at radius 1 is 1.26 bits per heavy atom. The van der Waals surface area contributed by atoms with Gasteiger partial charge in [0.25, 0.3) is 0 Å². The van der Waals surface area contributed by atoms with E-state index >= 15 is 0 Å². The Morgan fingerprint density at radius 3 is 2.81 bits per heavy atom. The zero-order valence-corrected chi connectivity index (χ0v) is 19.3. The van der Waals surface area contributed by atoms with Crippen molar-refractivity contribution in [3.05, 3.63) is 35.9 Å². The fraction of sp³-hybridized carbons (Fsp3) is 0.680. The molecule has 1 saturated carbocycles. The van der Waals surface area contributed by atoms with Crippen molar-refractivity contribution in [2.24, 2.45) is 5.92 Å². The van der Waals surface area contributed by atoms with Crippen molar-refractivity contribution in [1.82, 2.24) is 4.90 Å². The van der Waals surface area contributed by atoms with Crippen molar-refractivity contribution in [3.8, 4) is 11.5 Å². The van der Waals surface area contributed by atoms with Gasteiger partial charge in [-0.15, -0.1) is 6.58 Å². The number of ether oxygens (including phenoxy) is 3. The highest BCUT2D eigenvalue weighted by Crippen LogP contribution is 2.49. The number of hydrogen-bond donors (Lipinski definition) is 2. The lowest BCUT2D eigenvalue weighted by atomic mass is 9.71. The number of rotatable bonds is 8. The first-order chi connectivity index (χ1) is 14.9. The molecule has 1 unspecified atom stereocenters. The highest BCUT2D eigenvalue weighted by atomic mass is 16.7. The number of aromatic hydroxyl groups is 1. The molecule has 0 amide bonds. The number of benzene rings is 1.